The number of halogens is 2. The third kappa shape index (κ3) is 2.74. The predicted octanol–water partition coefficient (Wildman–Crippen LogP) is 3.56. The largest absolute Gasteiger partial charge is 0.325 e. The van der Waals surface area contributed by atoms with Gasteiger partial charge in [-0.05, 0) is 30.7 Å². The Balaban J connectivity index is 1.92. The molecule has 0 bridgehead atoms. The van der Waals surface area contributed by atoms with Crippen LogP contribution < -0.4 is 5.32 Å². The van der Waals surface area contributed by atoms with Crippen molar-refractivity contribution in [2.45, 2.75) is 19.0 Å². The first-order chi connectivity index (χ1) is 10.9. The molecule has 0 aliphatic carbocycles. The summed E-state index contributed by atoms with van der Waals surface area (Å²) >= 11 is 3.41. The standard InChI is InChI=1S/C17H14BrFN2O2/c1-17(13-7-2-3-8-14(13)18)15(22)21(16(23)20-17)10-11-5-4-6-12(19)9-11/h2-9H,10H2,1H3,(H,20,23)/t17-/m0/s1. The van der Waals surface area contributed by atoms with Crippen LogP contribution in [0.2, 0.25) is 0 Å². The van der Waals surface area contributed by atoms with Crippen LogP contribution in [-0.2, 0) is 16.9 Å². The number of nitrogens with zero attached hydrogens (tertiary/aromatic N) is 1. The molecule has 6 heteroatoms. The molecule has 23 heavy (non-hydrogen) atoms. The van der Waals surface area contributed by atoms with E-state index in [1.807, 2.05) is 12.1 Å². The Bertz CT molecular complexity index is 796. The zero-order chi connectivity index (χ0) is 16.6. The number of hydrogen-bond donors (Lipinski definition) is 1. The monoisotopic (exact) mass is 376 g/mol. The topological polar surface area (TPSA) is 49.4 Å². The number of carbonyl (C=O) groups is 2. The normalized spacial score (nSPS) is 20.7. The Morgan fingerprint density at radius 3 is 2.61 bits per heavy atom. The van der Waals surface area contributed by atoms with Gasteiger partial charge in [-0.1, -0.05) is 46.3 Å². The third-order valence-corrected chi connectivity index (χ3v) is 4.61. The third-order valence-electron chi connectivity index (χ3n) is 3.92. The molecule has 0 spiro atoms. The van der Waals surface area contributed by atoms with Crippen molar-refractivity contribution in [3.05, 3.63) is 69.9 Å². The summed E-state index contributed by atoms with van der Waals surface area (Å²) in [6.45, 7) is 1.70. The SMILES string of the molecule is C[C@@]1(c2ccccc2Br)NC(=O)N(Cc2cccc(F)c2)C1=O. The van der Waals surface area contributed by atoms with Gasteiger partial charge in [-0.15, -0.1) is 0 Å². The van der Waals surface area contributed by atoms with Gasteiger partial charge in [0.05, 0.1) is 6.54 Å². The van der Waals surface area contributed by atoms with Crippen LogP contribution in [0.5, 0.6) is 0 Å². The van der Waals surface area contributed by atoms with Crippen LogP contribution in [0, 0.1) is 5.82 Å². The number of rotatable bonds is 3. The fraction of sp³-hybridized carbons (Fsp3) is 0.176. The van der Waals surface area contributed by atoms with Crippen molar-refractivity contribution < 1.29 is 14.0 Å². The second kappa shape index (κ2) is 5.77. The molecule has 1 heterocycles. The van der Waals surface area contributed by atoms with Crippen LogP contribution in [0.4, 0.5) is 9.18 Å². The molecule has 0 aromatic heterocycles. The highest BCUT2D eigenvalue weighted by molar-refractivity contribution is 9.10. The van der Waals surface area contributed by atoms with Gasteiger partial charge in [0.2, 0.25) is 0 Å². The van der Waals surface area contributed by atoms with E-state index in [1.54, 1.807) is 31.2 Å². The van der Waals surface area contributed by atoms with Gasteiger partial charge >= 0.3 is 6.03 Å². The van der Waals surface area contributed by atoms with E-state index in [4.69, 9.17) is 0 Å². The van der Waals surface area contributed by atoms with Crippen molar-refractivity contribution in [1.29, 1.82) is 0 Å². The first-order valence-electron chi connectivity index (χ1n) is 7.05. The lowest BCUT2D eigenvalue weighted by atomic mass is 9.92. The fourth-order valence-corrected chi connectivity index (χ4v) is 3.39. The summed E-state index contributed by atoms with van der Waals surface area (Å²) in [6, 6.07) is 12.6. The molecule has 3 rings (SSSR count). The average Bonchev–Trinajstić information content (AvgIpc) is 2.72. The molecule has 2 aromatic carbocycles. The summed E-state index contributed by atoms with van der Waals surface area (Å²) in [7, 11) is 0. The maximum Gasteiger partial charge on any atom is 0.325 e. The Kier molecular flexibility index (Phi) is 3.93. The van der Waals surface area contributed by atoms with Crippen molar-refractivity contribution in [2.24, 2.45) is 0 Å². The molecular weight excluding hydrogens is 363 g/mol. The molecule has 1 atom stereocenters. The summed E-state index contributed by atoms with van der Waals surface area (Å²) in [6.07, 6.45) is 0. The van der Waals surface area contributed by atoms with Crippen LogP contribution >= 0.6 is 15.9 Å². The second-order valence-electron chi connectivity index (χ2n) is 5.56. The van der Waals surface area contributed by atoms with Crippen LogP contribution in [0.3, 0.4) is 0 Å². The van der Waals surface area contributed by atoms with Crippen molar-refractivity contribution in [3.8, 4) is 0 Å². The van der Waals surface area contributed by atoms with Gasteiger partial charge in [0.25, 0.3) is 5.91 Å². The fourth-order valence-electron chi connectivity index (χ4n) is 2.71. The van der Waals surface area contributed by atoms with Gasteiger partial charge in [-0.2, -0.15) is 0 Å². The van der Waals surface area contributed by atoms with Crippen molar-refractivity contribution in [1.82, 2.24) is 10.2 Å². The highest BCUT2D eigenvalue weighted by Gasteiger charge is 2.49. The van der Waals surface area contributed by atoms with Crippen LogP contribution in [0.25, 0.3) is 0 Å². The Morgan fingerprint density at radius 2 is 1.91 bits per heavy atom. The first kappa shape index (κ1) is 15.7. The molecule has 0 saturated carbocycles. The molecule has 118 valence electrons. The predicted molar refractivity (Wildman–Crippen MR) is 87.0 cm³/mol. The maximum atomic E-state index is 13.3. The molecule has 0 radical (unpaired) electrons. The molecule has 1 aliphatic heterocycles. The number of urea groups is 1. The van der Waals surface area contributed by atoms with Gasteiger partial charge in [-0.25, -0.2) is 9.18 Å². The lowest BCUT2D eigenvalue weighted by Gasteiger charge is -2.23. The molecule has 1 fully saturated rings. The van der Waals surface area contributed by atoms with E-state index in [0.717, 1.165) is 9.37 Å². The molecule has 4 nitrogen and oxygen atoms in total. The van der Waals surface area contributed by atoms with E-state index in [1.165, 1.54) is 12.1 Å². The van der Waals surface area contributed by atoms with Gasteiger partial charge in [0, 0.05) is 10.0 Å². The number of hydrogen-bond acceptors (Lipinski definition) is 2. The minimum absolute atomic E-state index is 0.0302. The van der Waals surface area contributed by atoms with Gasteiger partial charge in [-0.3, -0.25) is 9.69 Å². The van der Waals surface area contributed by atoms with Crippen LogP contribution in [-0.4, -0.2) is 16.8 Å². The van der Waals surface area contributed by atoms with Gasteiger partial charge in [0.1, 0.15) is 11.4 Å². The summed E-state index contributed by atoms with van der Waals surface area (Å²) < 4.78 is 14.0. The van der Waals surface area contributed by atoms with Crippen molar-refractivity contribution in [2.75, 3.05) is 0 Å². The van der Waals surface area contributed by atoms with Crippen LogP contribution in [0.1, 0.15) is 18.1 Å². The number of benzene rings is 2. The average molecular weight is 377 g/mol. The maximum absolute atomic E-state index is 13.3. The summed E-state index contributed by atoms with van der Waals surface area (Å²) in [5, 5.41) is 2.74. The van der Waals surface area contributed by atoms with E-state index < -0.39 is 17.4 Å². The molecule has 2 aromatic rings. The highest BCUT2D eigenvalue weighted by atomic mass is 79.9. The number of carbonyl (C=O) groups excluding carboxylic acids is 2. The minimum atomic E-state index is -1.15. The number of imide groups is 1. The van der Waals surface area contributed by atoms with Gasteiger partial charge in [0.15, 0.2) is 0 Å². The van der Waals surface area contributed by atoms with Crippen LogP contribution in [0.15, 0.2) is 53.0 Å². The molecule has 3 amide bonds. The lowest BCUT2D eigenvalue weighted by molar-refractivity contribution is -0.131. The second-order valence-corrected chi connectivity index (χ2v) is 6.41. The van der Waals surface area contributed by atoms with E-state index in [2.05, 4.69) is 21.2 Å². The smallest absolute Gasteiger partial charge is 0.319 e. The molecule has 1 aliphatic rings. The molecule has 0 unspecified atom stereocenters. The van der Waals surface area contributed by atoms with Gasteiger partial charge < -0.3 is 5.32 Å². The quantitative estimate of drug-likeness (QED) is 0.832. The van der Waals surface area contributed by atoms with Crippen molar-refractivity contribution in [3.63, 3.8) is 0 Å². The Hall–Kier alpha value is -2.21. The summed E-state index contributed by atoms with van der Waals surface area (Å²) in [5.41, 5.74) is 0.0924. The zero-order valence-corrected chi connectivity index (χ0v) is 13.9. The zero-order valence-electron chi connectivity index (χ0n) is 12.3. The molecule has 1 saturated heterocycles. The highest BCUT2D eigenvalue weighted by Crippen LogP contribution is 2.34. The Morgan fingerprint density at radius 1 is 1.17 bits per heavy atom. The number of nitrogens with one attached hydrogen (secondary N) is 1. The van der Waals surface area contributed by atoms with E-state index in [9.17, 15) is 14.0 Å². The summed E-state index contributed by atoms with van der Waals surface area (Å²) in [4.78, 5) is 26.2. The summed E-state index contributed by atoms with van der Waals surface area (Å²) in [5.74, 6) is -0.762. The lowest BCUT2D eigenvalue weighted by Crippen LogP contribution is -2.41. The van der Waals surface area contributed by atoms with E-state index >= 15 is 0 Å². The van der Waals surface area contributed by atoms with Crippen molar-refractivity contribution >= 4 is 27.9 Å². The first-order valence-corrected chi connectivity index (χ1v) is 7.84. The molecular formula is C17H14BrFN2O2. The van der Waals surface area contributed by atoms with E-state index in [0.29, 0.717) is 11.1 Å². The minimum Gasteiger partial charge on any atom is -0.319 e. The molecule has 1 N–H and O–H groups in total. The Labute approximate surface area is 141 Å². The number of amides is 3. The van der Waals surface area contributed by atoms with E-state index in [-0.39, 0.29) is 12.5 Å².